The number of amides is 2. The van der Waals surface area contributed by atoms with Gasteiger partial charge in [0.2, 0.25) is 5.91 Å². The average Bonchev–Trinajstić information content (AvgIpc) is 3.57. The molecule has 2 unspecified atom stereocenters. The predicted octanol–water partition coefficient (Wildman–Crippen LogP) is 5.74. The number of carbonyl (C=O) groups excluding carboxylic acids is 2. The Hall–Kier alpha value is -3.51. The van der Waals surface area contributed by atoms with Crippen molar-refractivity contribution in [1.29, 1.82) is 0 Å². The molecular weight excluding hydrogens is 454 g/mol. The molecule has 0 bridgehead atoms. The first-order valence-electron chi connectivity index (χ1n) is 12.1. The second-order valence-electron chi connectivity index (χ2n) is 9.46. The lowest BCUT2D eigenvalue weighted by Gasteiger charge is -2.15. The summed E-state index contributed by atoms with van der Waals surface area (Å²) < 4.78 is 0. The van der Waals surface area contributed by atoms with Crippen LogP contribution in [0, 0.1) is 17.8 Å². The Balaban J connectivity index is 1.15. The van der Waals surface area contributed by atoms with Crippen molar-refractivity contribution in [2.45, 2.75) is 19.8 Å². The van der Waals surface area contributed by atoms with Crippen LogP contribution in [-0.2, 0) is 9.59 Å². The SMILES string of the molecule is C[C@H]1\C=C(C(=O)Nc2ccc(/C=C/C(=O)N3CC4C=C(c5ccsc5)CC4C3)cn2)/C=C\C=C\C1. The number of fused-ring (bicyclic) bond motifs is 1. The lowest BCUT2D eigenvalue weighted by atomic mass is 9.99. The van der Waals surface area contributed by atoms with Crippen molar-refractivity contribution in [3.63, 3.8) is 0 Å². The second kappa shape index (κ2) is 10.4. The number of thiophene rings is 1. The van der Waals surface area contributed by atoms with Gasteiger partial charge in [-0.3, -0.25) is 9.59 Å². The minimum absolute atomic E-state index is 0.0356. The molecule has 1 saturated heterocycles. The van der Waals surface area contributed by atoms with E-state index in [0.717, 1.165) is 31.5 Å². The van der Waals surface area contributed by atoms with E-state index in [1.54, 1.807) is 35.8 Å². The van der Waals surface area contributed by atoms with Gasteiger partial charge in [0.15, 0.2) is 0 Å². The van der Waals surface area contributed by atoms with Crippen LogP contribution in [0.15, 0.2) is 83.3 Å². The highest BCUT2D eigenvalue weighted by atomic mass is 32.1. The number of aromatic nitrogens is 1. The molecule has 3 atom stereocenters. The number of pyridine rings is 1. The number of allylic oxidation sites excluding steroid dienone is 5. The Morgan fingerprint density at radius 1 is 1.17 bits per heavy atom. The van der Waals surface area contributed by atoms with Crippen molar-refractivity contribution >= 4 is 40.6 Å². The highest BCUT2D eigenvalue weighted by Crippen LogP contribution is 2.41. The summed E-state index contributed by atoms with van der Waals surface area (Å²) in [6.45, 7) is 3.67. The van der Waals surface area contributed by atoms with Crippen molar-refractivity contribution < 1.29 is 9.59 Å². The Morgan fingerprint density at radius 3 is 2.86 bits per heavy atom. The van der Waals surface area contributed by atoms with Crippen molar-refractivity contribution in [2.75, 3.05) is 18.4 Å². The van der Waals surface area contributed by atoms with Gasteiger partial charge < -0.3 is 10.2 Å². The first-order chi connectivity index (χ1) is 17.0. The molecule has 2 amide bonds. The van der Waals surface area contributed by atoms with Crippen LogP contribution in [0.25, 0.3) is 11.6 Å². The van der Waals surface area contributed by atoms with Crippen LogP contribution in [0.1, 0.15) is 30.9 Å². The van der Waals surface area contributed by atoms with Crippen LogP contribution in [0.5, 0.6) is 0 Å². The average molecular weight is 484 g/mol. The van der Waals surface area contributed by atoms with Gasteiger partial charge in [0, 0.05) is 30.9 Å². The van der Waals surface area contributed by atoms with Crippen LogP contribution in [0.2, 0.25) is 0 Å². The number of likely N-dealkylation sites (tertiary alicyclic amines) is 1. The van der Waals surface area contributed by atoms with Crippen molar-refractivity contribution in [2.24, 2.45) is 17.8 Å². The molecule has 0 aromatic carbocycles. The summed E-state index contributed by atoms with van der Waals surface area (Å²) in [7, 11) is 0. The van der Waals surface area contributed by atoms with Crippen LogP contribution >= 0.6 is 11.3 Å². The maximum Gasteiger partial charge on any atom is 0.256 e. The van der Waals surface area contributed by atoms with Gasteiger partial charge in [-0.1, -0.05) is 37.3 Å². The van der Waals surface area contributed by atoms with Gasteiger partial charge in [-0.05, 0) is 88.4 Å². The number of nitrogens with zero attached hydrogens (tertiary/aromatic N) is 2. The molecule has 3 heterocycles. The number of nitrogens with one attached hydrogen (secondary N) is 1. The molecule has 35 heavy (non-hydrogen) atoms. The fourth-order valence-electron chi connectivity index (χ4n) is 4.90. The maximum atomic E-state index is 12.8. The normalized spacial score (nSPS) is 26.9. The summed E-state index contributed by atoms with van der Waals surface area (Å²) >= 11 is 1.73. The van der Waals surface area contributed by atoms with E-state index in [0.29, 0.717) is 29.1 Å². The number of anilines is 1. The smallest absolute Gasteiger partial charge is 0.256 e. The van der Waals surface area contributed by atoms with Gasteiger partial charge in [0.25, 0.3) is 5.91 Å². The summed E-state index contributed by atoms with van der Waals surface area (Å²) in [4.78, 5) is 31.7. The number of carbonyl (C=O) groups is 2. The van der Waals surface area contributed by atoms with Gasteiger partial charge in [-0.25, -0.2) is 4.98 Å². The molecule has 0 radical (unpaired) electrons. The molecule has 0 saturated carbocycles. The topological polar surface area (TPSA) is 62.3 Å². The zero-order valence-corrected chi connectivity index (χ0v) is 20.6. The summed E-state index contributed by atoms with van der Waals surface area (Å²) in [5, 5.41) is 7.18. The second-order valence-corrected chi connectivity index (χ2v) is 10.2. The molecule has 5 rings (SSSR count). The Bertz CT molecular complexity index is 1240. The monoisotopic (exact) mass is 483 g/mol. The van der Waals surface area contributed by atoms with Gasteiger partial charge in [-0.15, -0.1) is 0 Å². The van der Waals surface area contributed by atoms with E-state index < -0.39 is 0 Å². The van der Waals surface area contributed by atoms with E-state index >= 15 is 0 Å². The molecule has 6 heteroatoms. The van der Waals surface area contributed by atoms with E-state index in [1.807, 2.05) is 35.3 Å². The Labute approximate surface area is 210 Å². The number of hydrogen-bond acceptors (Lipinski definition) is 4. The molecule has 0 spiro atoms. The quantitative estimate of drug-likeness (QED) is 0.552. The molecule has 3 aliphatic rings. The minimum Gasteiger partial charge on any atom is -0.338 e. The molecule has 2 aliphatic carbocycles. The zero-order chi connectivity index (χ0) is 24.2. The molecule has 1 fully saturated rings. The van der Waals surface area contributed by atoms with E-state index in [2.05, 4.69) is 46.2 Å². The molecule has 5 nitrogen and oxygen atoms in total. The largest absolute Gasteiger partial charge is 0.338 e. The first-order valence-corrected chi connectivity index (χ1v) is 13.0. The van der Waals surface area contributed by atoms with E-state index in [1.165, 1.54) is 11.1 Å². The highest BCUT2D eigenvalue weighted by molar-refractivity contribution is 7.08. The number of hydrogen-bond donors (Lipinski definition) is 1. The van der Waals surface area contributed by atoms with Gasteiger partial charge in [0.1, 0.15) is 5.82 Å². The lowest BCUT2D eigenvalue weighted by molar-refractivity contribution is -0.125. The van der Waals surface area contributed by atoms with E-state index in [-0.39, 0.29) is 11.8 Å². The van der Waals surface area contributed by atoms with Crippen LogP contribution in [-0.4, -0.2) is 34.8 Å². The molecular formula is C29H29N3O2S. The molecule has 178 valence electrons. The van der Waals surface area contributed by atoms with Crippen molar-refractivity contribution in [3.8, 4) is 0 Å². The van der Waals surface area contributed by atoms with Crippen LogP contribution < -0.4 is 5.32 Å². The van der Waals surface area contributed by atoms with Crippen LogP contribution in [0.4, 0.5) is 5.82 Å². The minimum atomic E-state index is -0.176. The van der Waals surface area contributed by atoms with Gasteiger partial charge in [-0.2, -0.15) is 11.3 Å². The summed E-state index contributed by atoms with van der Waals surface area (Å²) in [6, 6.07) is 5.79. The molecule has 2 aromatic heterocycles. The molecule has 1 N–H and O–H groups in total. The highest BCUT2D eigenvalue weighted by Gasteiger charge is 2.37. The maximum absolute atomic E-state index is 12.8. The summed E-state index contributed by atoms with van der Waals surface area (Å²) in [5.41, 5.74) is 4.21. The third kappa shape index (κ3) is 5.60. The fourth-order valence-corrected chi connectivity index (χ4v) is 5.58. The Morgan fingerprint density at radius 2 is 2.09 bits per heavy atom. The number of rotatable bonds is 5. The van der Waals surface area contributed by atoms with Crippen LogP contribution in [0.3, 0.4) is 0 Å². The van der Waals surface area contributed by atoms with E-state index in [4.69, 9.17) is 0 Å². The van der Waals surface area contributed by atoms with Gasteiger partial charge >= 0.3 is 0 Å². The van der Waals surface area contributed by atoms with Crippen molar-refractivity contribution in [1.82, 2.24) is 9.88 Å². The lowest BCUT2D eigenvalue weighted by Crippen LogP contribution is -2.27. The summed E-state index contributed by atoms with van der Waals surface area (Å²) in [6.07, 6.45) is 19.1. The summed E-state index contributed by atoms with van der Waals surface area (Å²) in [5.74, 6) is 1.61. The third-order valence-electron chi connectivity index (χ3n) is 6.80. The van der Waals surface area contributed by atoms with E-state index in [9.17, 15) is 9.59 Å². The standard InChI is InChI=1S/C29H29N3O2S/c1-20-5-3-2-4-6-22(13-20)29(34)31-27-9-7-21(16-30-27)8-10-28(33)32-17-25-14-24(15-26(25)18-32)23-11-12-35-19-23/h2-4,6-14,16,19-20,25-26H,5,15,17-18H2,1H3,(H,30,31,34)/b3-2+,6-4-,10-8+,22-13+/t20-,25?,26?/m1/s1. The Kier molecular flexibility index (Phi) is 6.91. The van der Waals surface area contributed by atoms with Gasteiger partial charge in [0.05, 0.1) is 0 Å². The first kappa shape index (κ1) is 23.2. The fraction of sp³-hybridized carbons (Fsp3) is 0.276. The van der Waals surface area contributed by atoms with Crippen molar-refractivity contribution in [3.05, 3.63) is 94.4 Å². The molecule has 1 aliphatic heterocycles. The zero-order valence-electron chi connectivity index (χ0n) is 19.8. The molecule has 2 aromatic rings. The third-order valence-corrected chi connectivity index (χ3v) is 7.48. The predicted molar refractivity (Wildman–Crippen MR) is 143 cm³/mol.